The van der Waals surface area contributed by atoms with E-state index in [1.54, 1.807) is 35.6 Å². The molecule has 1 aromatic carbocycles. The lowest BCUT2D eigenvalue weighted by molar-refractivity contribution is 0.0945. The summed E-state index contributed by atoms with van der Waals surface area (Å²) in [5.74, 6) is 0.0586. The van der Waals surface area contributed by atoms with E-state index in [0.717, 1.165) is 10.6 Å². The first kappa shape index (κ1) is 16.2. The van der Waals surface area contributed by atoms with Crippen LogP contribution in [0.1, 0.15) is 21.2 Å². The summed E-state index contributed by atoms with van der Waals surface area (Å²) in [6, 6.07) is 12.8. The van der Waals surface area contributed by atoms with Gasteiger partial charge in [0, 0.05) is 4.88 Å². The number of rotatable bonds is 4. The predicted molar refractivity (Wildman–Crippen MR) is 100 cm³/mol. The van der Waals surface area contributed by atoms with Gasteiger partial charge in [-0.1, -0.05) is 12.1 Å². The summed E-state index contributed by atoms with van der Waals surface area (Å²) in [5.41, 5.74) is 1.45. The first-order valence-corrected chi connectivity index (χ1v) is 8.80. The number of amides is 1. The molecule has 3 N–H and O–H groups in total. The molecule has 8 heteroatoms. The highest BCUT2D eigenvalue weighted by Gasteiger charge is 2.13. The number of para-hydroxylation sites is 1. The fourth-order valence-corrected chi connectivity index (χ4v) is 3.45. The number of aryl methyl sites for hydroxylation is 1. The van der Waals surface area contributed by atoms with Gasteiger partial charge in [0.05, 0.1) is 28.0 Å². The zero-order valence-electron chi connectivity index (χ0n) is 13.9. The molecular formula is C18H15N5O2S. The molecule has 0 atom stereocenters. The van der Waals surface area contributed by atoms with Crippen LogP contribution >= 0.6 is 11.3 Å². The van der Waals surface area contributed by atoms with Crippen LogP contribution in [0.3, 0.4) is 0 Å². The summed E-state index contributed by atoms with van der Waals surface area (Å²) in [5, 5.41) is 10.2. The van der Waals surface area contributed by atoms with Crippen LogP contribution in [0.4, 0.5) is 0 Å². The molecule has 4 aromatic rings. The number of H-pyrrole nitrogens is 2. The highest BCUT2D eigenvalue weighted by molar-refractivity contribution is 7.15. The van der Waals surface area contributed by atoms with Crippen LogP contribution in [0, 0.1) is 6.92 Å². The van der Waals surface area contributed by atoms with Crippen molar-refractivity contribution in [2.45, 2.75) is 13.5 Å². The van der Waals surface area contributed by atoms with Crippen molar-refractivity contribution < 1.29 is 4.79 Å². The molecule has 0 aliphatic carbocycles. The Morgan fingerprint density at radius 2 is 2.08 bits per heavy atom. The Balaban J connectivity index is 1.49. The number of hydrogen-bond donors (Lipinski definition) is 3. The fourth-order valence-electron chi connectivity index (χ4n) is 2.62. The summed E-state index contributed by atoms with van der Waals surface area (Å²) < 4.78 is 0. The number of hydrogen-bond acceptors (Lipinski definition) is 5. The quantitative estimate of drug-likeness (QED) is 0.517. The first-order valence-electron chi connectivity index (χ1n) is 7.98. The van der Waals surface area contributed by atoms with Crippen LogP contribution in [-0.4, -0.2) is 26.1 Å². The van der Waals surface area contributed by atoms with Gasteiger partial charge in [0.1, 0.15) is 5.82 Å². The third kappa shape index (κ3) is 3.14. The number of nitrogens with zero attached hydrogens (tertiary/aromatic N) is 2. The van der Waals surface area contributed by atoms with E-state index in [-0.39, 0.29) is 23.7 Å². The van der Waals surface area contributed by atoms with Gasteiger partial charge in [-0.3, -0.25) is 14.7 Å². The third-order valence-electron chi connectivity index (χ3n) is 3.89. The second kappa shape index (κ2) is 6.57. The van der Waals surface area contributed by atoms with E-state index in [0.29, 0.717) is 16.7 Å². The van der Waals surface area contributed by atoms with Gasteiger partial charge in [-0.05, 0) is 37.3 Å². The Morgan fingerprint density at radius 3 is 2.88 bits per heavy atom. The molecule has 26 heavy (non-hydrogen) atoms. The molecule has 0 unspecified atom stereocenters. The lowest BCUT2D eigenvalue weighted by Gasteiger charge is -2.04. The monoisotopic (exact) mass is 365 g/mol. The molecule has 0 aliphatic heterocycles. The van der Waals surface area contributed by atoms with E-state index in [1.807, 2.05) is 25.1 Å². The van der Waals surface area contributed by atoms with Gasteiger partial charge in [-0.25, -0.2) is 4.98 Å². The molecule has 0 spiro atoms. The summed E-state index contributed by atoms with van der Waals surface area (Å²) in [6.07, 6.45) is 0. The Morgan fingerprint density at radius 1 is 1.23 bits per heavy atom. The molecule has 3 heterocycles. The van der Waals surface area contributed by atoms with Crippen LogP contribution < -0.4 is 10.9 Å². The fraction of sp³-hybridized carbons (Fsp3) is 0.111. The van der Waals surface area contributed by atoms with Gasteiger partial charge in [0.15, 0.2) is 5.69 Å². The maximum absolute atomic E-state index is 12.3. The summed E-state index contributed by atoms with van der Waals surface area (Å²) >= 11 is 1.63. The SMILES string of the molecule is Cc1ccc(-c2cc(C(=O)NCc3nc4ccccc4c(=O)[nH]3)n[nH]2)s1. The van der Waals surface area contributed by atoms with Gasteiger partial charge in [-0.15, -0.1) is 11.3 Å². The molecule has 0 aliphatic rings. The molecule has 3 aromatic heterocycles. The molecule has 7 nitrogen and oxygen atoms in total. The molecule has 0 radical (unpaired) electrons. The molecule has 130 valence electrons. The van der Waals surface area contributed by atoms with Crippen LogP contribution in [0.15, 0.2) is 47.3 Å². The van der Waals surface area contributed by atoms with Crippen LogP contribution in [-0.2, 0) is 6.54 Å². The van der Waals surface area contributed by atoms with Crippen molar-refractivity contribution in [2.24, 2.45) is 0 Å². The number of benzene rings is 1. The lowest BCUT2D eigenvalue weighted by Crippen LogP contribution is -2.25. The highest BCUT2D eigenvalue weighted by Crippen LogP contribution is 2.26. The summed E-state index contributed by atoms with van der Waals surface area (Å²) in [4.78, 5) is 33.6. The largest absolute Gasteiger partial charge is 0.343 e. The number of thiophene rings is 1. The standard InChI is InChI=1S/C18H15N5O2S/c1-10-6-7-15(26-10)13-8-14(23-22-13)18(25)19-9-16-20-12-5-3-2-4-11(12)17(24)21-16/h2-8H,9H2,1H3,(H,19,25)(H,22,23)(H,20,21,24). The number of nitrogens with one attached hydrogen (secondary N) is 3. The number of fused-ring (bicyclic) bond motifs is 1. The minimum absolute atomic E-state index is 0.110. The average molecular weight is 365 g/mol. The predicted octanol–water partition coefficient (Wildman–Crippen LogP) is 2.61. The van der Waals surface area contributed by atoms with Crippen LogP contribution in [0.25, 0.3) is 21.5 Å². The normalized spacial score (nSPS) is 11.0. The lowest BCUT2D eigenvalue weighted by atomic mass is 10.2. The molecular weight excluding hydrogens is 350 g/mol. The molecule has 0 saturated heterocycles. The zero-order chi connectivity index (χ0) is 18.1. The number of aromatic nitrogens is 4. The third-order valence-corrected chi connectivity index (χ3v) is 4.93. The Labute approximate surface area is 152 Å². The van der Waals surface area contributed by atoms with E-state index >= 15 is 0 Å². The van der Waals surface area contributed by atoms with E-state index in [1.165, 1.54) is 4.88 Å². The molecule has 4 rings (SSSR count). The van der Waals surface area contributed by atoms with Crippen molar-refractivity contribution in [1.29, 1.82) is 0 Å². The smallest absolute Gasteiger partial charge is 0.272 e. The van der Waals surface area contributed by atoms with Gasteiger partial charge in [0.2, 0.25) is 0 Å². The van der Waals surface area contributed by atoms with Gasteiger partial charge in [0.25, 0.3) is 11.5 Å². The zero-order valence-corrected chi connectivity index (χ0v) is 14.7. The van der Waals surface area contributed by atoms with E-state index in [4.69, 9.17) is 0 Å². The molecule has 0 saturated carbocycles. The van der Waals surface area contributed by atoms with E-state index in [9.17, 15) is 9.59 Å². The van der Waals surface area contributed by atoms with Crippen LogP contribution in [0.5, 0.6) is 0 Å². The van der Waals surface area contributed by atoms with Crippen molar-refractivity contribution in [3.05, 3.63) is 69.2 Å². The van der Waals surface area contributed by atoms with Gasteiger partial charge >= 0.3 is 0 Å². The highest BCUT2D eigenvalue weighted by atomic mass is 32.1. The minimum Gasteiger partial charge on any atom is -0.343 e. The Bertz CT molecular complexity index is 1160. The summed E-state index contributed by atoms with van der Waals surface area (Å²) in [7, 11) is 0. The number of carbonyl (C=O) groups is 1. The number of carbonyl (C=O) groups excluding carboxylic acids is 1. The minimum atomic E-state index is -0.336. The molecule has 0 fully saturated rings. The van der Waals surface area contributed by atoms with Gasteiger partial charge < -0.3 is 10.3 Å². The molecule has 1 amide bonds. The maximum atomic E-state index is 12.3. The second-order valence-electron chi connectivity index (χ2n) is 5.79. The average Bonchev–Trinajstić information content (AvgIpc) is 3.29. The number of aromatic amines is 2. The Hall–Kier alpha value is -3.26. The second-order valence-corrected chi connectivity index (χ2v) is 7.08. The van der Waals surface area contributed by atoms with Crippen molar-refractivity contribution in [2.75, 3.05) is 0 Å². The first-order chi connectivity index (χ1) is 12.6. The van der Waals surface area contributed by atoms with Crippen molar-refractivity contribution >= 4 is 28.1 Å². The molecule has 0 bridgehead atoms. The maximum Gasteiger partial charge on any atom is 0.272 e. The van der Waals surface area contributed by atoms with Gasteiger partial charge in [-0.2, -0.15) is 5.10 Å². The Kier molecular flexibility index (Phi) is 4.10. The topological polar surface area (TPSA) is 104 Å². The van der Waals surface area contributed by atoms with E-state index in [2.05, 4.69) is 25.5 Å². The van der Waals surface area contributed by atoms with E-state index < -0.39 is 0 Å². The summed E-state index contributed by atoms with van der Waals surface area (Å²) in [6.45, 7) is 2.13. The van der Waals surface area contributed by atoms with Crippen molar-refractivity contribution in [3.8, 4) is 10.6 Å². The van der Waals surface area contributed by atoms with Crippen molar-refractivity contribution in [3.63, 3.8) is 0 Å². The van der Waals surface area contributed by atoms with Crippen LogP contribution in [0.2, 0.25) is 0 Å². The van der Waals surface area contributed by atoms with Crippen molar-refractivity contribution in [1.82, 2.24) is 25.5 Å².